The summed E-state index contributed by atoms with van der Waals surface area (Å²) in [7, 11) is 0. The van der Waals surface area contributed by atoms with Crippen LogP contribution in [0, 0.1) is 5.82 Å². The van der Waals surface area contributed by atoms with Crippen molar-refractivity contribution >= 4 is 29.0 Å². The standard InChI is InChI=1S/C29H34F4N6O3/c1-6-41-23-14-22-18(13-21(23)30)7-9-20(36-22)16-35-38-24-10-8-19(15-34-24)25(29(31,32)33)39-12-11-28(5,17-39)37-26(40)42-27(2,3)4/h7-10,13-16,25H,6,11-12,17H2,1-5H3,(H,34,38)(H,37,40)/b35-16+/t25-,28-/m0/s1. The van der Waals surface area contributed by atoms with Gasteiger partial charge in [0.15, 0.2) is 11.6 Å². The molecule has 1 aliphatic rings. The molecule has 1 aromatic carbocycles. The summed E-state index contributed by atoms with van der Waals surface area (Å²) in [5.41, 5.74) is 2.03. The molecule has 2 N–H and O–H groups in total. The summed E-state index contributed by atoms with van der Waals surface area (Å²) in [5.74, 6) is -0.146. The highest BCUT2D eigenvalue weighted by molar-refractivity contribution is 5.86. The maximum atomic E-state index is 14.2. The minimum absolute atomic E-state index is 0.0157. The van der Waals surface area contributed by atoms with Gasteiger partial charge in [-0.1, -0.05) is 12.1 Å². The Bertz CT molecular complexity index is 1440. The molecule has 13 heteroatoms. The molecule has 42 heavy (non-hydrogen) atoms. The monoisotopic (exact) mass is 590 g/mol. The predicted octanol–water partition coefficient (Wildman–Crippen LogP) is 6.21. The number of anilines is 1. The van der Waals surface area contributed by atoms with Crippen molar-refractivity contribution < 1.29 is 31.8 Å². The molecule has 1 amide bonds. The number of alkyl halides is 3. The number of benzene rings is 1. The van der Waals surface area contributed by atoms with E-state index < -0.39 is 35.3 Å². The lowest BCUT2D eigenvalue weighted by Gasteiger charge is -2.32. The first-order chi connectivity index (χ1) is 19.7. The van der Waals surface area contributed by atoms with E-state index in [4.69, 9.17) is 9.47 Å². The molecule has 9 nitrogen and oxygen atoms in total. The Morgan fingerprint density at radius 2 is 1.98 bits per heavy atom. The first-order valence-electron chi connectivity index (χ1n) is 13.5. The largest absolute Gasteiger partial charge is 0.491 e. The van der Waals surface area contributed by atoms with E-state index in [-0.39, 0.29) is 30.2 Å². The molecular formula is C29H34F4N6O3. The van der Waals surface area contributed by atoms with Gasteiger partial charge >= 0.3 is 12.3 Å². The quantitative estimate of drug-likeness (QED) is 0.183. The molecule has 0 spiro atoms. The van der Waals surface area contributed by atoms with Crippen molar-refractivity contribution in [3.8, 4) is 5.75 Å². The van der Waals surface area contributed by atoms with E-state index >= 15 is 0 Å². The van der Waals surface area contributed by atoms with E-state index in [0.717, 1.165) is 6.20 Å². The van der Waals surface area contributed by atoms with Gasteiger partial charge in [0, 0.05) is 30.7 Å². The van der Waals surface area contributed by atoms with Crippen LogP contribution in [0.1, 0.15) is 58.3 Å². The number of ether oxygens (including phenoxy) is 2. The van der Waals surface area contributed by atoms with E-state index in [2.05, 4.69) is 25.8 Å². The van der Waals surface area contributed by atoms with Gasteiger partial charge in [0.25, 0.3) is 0 Å². The Labute approximate surface area is 241 Å². The third kappa shape index (κ3) is 7.84. The van der Waals surface area contributed by atoms with Gasteiger partial charge < -0.3 is 14.8 Å². The highest BCUT2D eigenvalue weighted by Gasteiger charge is 2.49. The molecule has 3 aromatic rings. The third-order valence-corrected chi connectivity index (χ3v) is 6.52. The second kappa shape index (κ2) is 12.1. The number of carbonyl (C=O) groups excluding carboxylic acids is 1. The zero-order chi connectivity index (χ0) is 30.7. The number of halogens is 4. The van der Waals surface area contributed by atoms with Crippen molar-refractivity contribution in [2.45, 2.75) is 64.4 Å². The topological polar surface area (TPSA) is 101 Å². The van der Waals surface area contributed by atoms with Crippen LogP contribution in [-0.2, 0) is 4.74 Å². The fourth-order valence-corrected chi connectivity index (χ4v) is 4.75. The van der Waals surface area contributed by atoms with E-state index in [1.165, 1.54) is 35.4 Å². The number of amides is 1. The van der Waals surface area contributed by atoms with Crippen LogP contribution in [0.25, 0.3) is 10.9 Å². The first-order valence-corrected chi connectivity index (χ1v) is 13.5. The number of rotatable bonds is 8. The maximum Gasteiger partial charge on any atom is 0.408 e. The molecule has 1 fully saturated rings. The number of aromatic nitrogens is 2. The lowest BCUT2D eigenvalue weighted by Crippen LogP contribution is -2.50. The SMILES string of the molecule is CCOc1cc2nc(/C=N/Nc3ccc([C@H](N4CC[C@](C)(NC(=O)OC(C)(C)C)C4)C(F)(F)F)cn3)ccc2cc1F. The maximum absolute atomic E-state index is 14.2. The van der Waals surface area contributed by atoms with Crippen molar-refractivity contribution in [3.05, 3.63) is 59.7 Å². The summed E-state index contributed by atoms with van der Waals surface area (Å²) < 4.78 is 67.3. The molecule has 1 aliphatic heterocycles. The highest BCUT2D eigenvalue weighted by Crippen LogP contribution is 2.41. The summed E-state index contributed by atoms with van der Waals surface area (Å²) in [4.78, 5) is 22.1. The average Bonchev–Trinajstić information content (AvgIpc) is 3.24. The predicted molar refractivity (Wildman–Crippen MR) is 151 cm³/mol. The second-order valence-electron chi connectivity index (χ2n) is 11.3. The zero-order valence-electron chi connectivity index (χ0n) is 24.1. The van der Waals surface area contributed by atoms with E-state index in [1.54, 1.807) is 46.8 Å². The number of nitrogens with one attached hydrogen (secondary N) is 2. The van der Waals surface area contributed by atoms with E-state index in [0.29, 0.717) is 29.6 Å². The summed E-state index contributed by atoms with van der Waals surface area (Å²) in [5, 5.41) is 7.40. The van der Waals surface area contributed by atoms with Gasteiger partial charge in [0.1, 0.15) is 17.5 Å². The van der Waals surface area contributed by atoms with Crippen molar-refractivity contribution in [2.24, 2.45) is 5.10 Å². The first kappa shape index (κ1) is 30.9. The molecule has 2 atom stereocenters. The van der Waals surface area contributed by atoms with Crippen LogP contribution in [-0.4, -0.2) is 64.2 Å². The molecule has 1 saturated heterocycles. The molecule has 2 aromatic heterocycles. The lowest BCUT2D eigenvalue weighted by molar-refractivity contribution is -0.184. The highest BCUT2D eigenvalue weighted by atomic mass is 19.4. The Morgan fingerprint density at radius 1 is 1.21 bits per heavy atom. The second-order valence-corrected chi connectivity index (χ2v) is 11.3. The van der Waals surface area contributed by atoms with Gasteiger partial charge in [-0.15, -0.1) is 0 Å². The minimum atomic E-state index is -4.57. The van der Waals surface area contributed by atoms with E-state index in [1.807, 2.05) is 0 Å². The number of carbonyl (C=O) groups is 1. The minimum Gasteiger partial charge on any atom is -0.491 e. The van der Waals surface area contributed by atoms with Crippen LogP contribution in [0.4, 0.5) is 28.2 Å². The van der Waals surface area contributed by atoms with Crippen LogP contribution in [0.2, 0.25) is 0 Å². The Kier molecular flexibility index (Phi) is 8.90. The third-order valence-electron chi connectivity index (χ3n) is 6.52. The zero-order valence-corrected chi connectivity index (χ0v) is 24.1. The number of alkyl carbamates (subject to hydrolysis) is 1. The fraction of sp³-hybridized carbons (Fsp3) is 0.448. The van der Waals surface area contributed by atoms with Crippen molar-refractivity contribution in [1.29, 1.82) is 0 Å². The van der Waals surface area contributed by atoms with Gasteiger partial charge in [-0.05, 0) is 64.8 Å². The van der Waals surface area contributed by atoms with Gasteiger partial charge in [0.05, 0.1) is 29.6 Å². The molecule has 0 radical (unpaired) electrons. The average molecular weight is 591 g/mol. The van der Waals surface area contributed by atoms with Gasteiger partial charge in [0.2, 0.25) is 0 Å². The van der Waals surface area contributed by atoms with Gasteiger partial charge in [-0.25, -0.2) is 19.2 Å². The summed E-state index contributed by atoms with van der Waals surface area (Å²) in [6, 6.07) is 7.04. The summed E-state index contributed by atoms with van der Waals surface area (Å²) >= 11 is 0. The summed E-state index contributed by atoms with van der Waals surface area (Å²) in [6.45, 7) is 9.03. The number of fused-ring (bicyclic) bond motifs is 1. The normalized spacial score (nSPS) is 18.8. The number of hydrazone groups is 1. The van der Waals surface area contributed by atoms with Crippen LogP contribution < -0.4 is 15.5 Å². The number of pyridine rings is 2. The molecule has 0 aliphatic carbocycles. The number of hydrogen-bond acceptors (Lipinski definition) is 8. The van der Waals surface area contributed by atoms with Crippen LogP contribution in [0.15, 0.2) is 47.7 Å². The molecule has 226 valence electrons. The van der Waals surface area contributed by atoms with Gasteiger partial charge in [-0.2, -0.15) is 18.3 Å². The van der Waals surface area contributed by atoms with Crippen LogP contribution in [0.5, 0.6) is 5.75 Å². The van der Waals surface area contributed by atoms with Crippen molar-refractivity contribution in [2.75, 3.05) is 25.1 Å². The van der Waals surface area contributed by atoms with Crippen molar-refractivity contribution in [1.82, 2.24) is 20.2 Å². The molecule has 0 bridgehead atoms. The molecular weight excluding hydrogens is 556 g/mol. The molecule has 0 unspecified atom stereocenters. The molecule has 3 heterocycles. The molecule has 0 saturated carbocycles. The smallest absolute Gasteiger partial charge is 0.408 e. The lowest BCUT2D eigenvalue weighted by atomic mass is 10.0. The van der Waals surface area contributed by atoms with Crippen molar-refractivity contribution in [3.63, 3.8) is 0 Å². The Balaban J connectivity index is 1.42. The Hall–Kier alpha value is -4.00. The Morgan fingerprint density at radius 3 is 2.62 bits per heavy atom. The number of hydrogen-bond donors (Lipinski definition) is 2. The van der Waals surface area contributed by atoms with E-state index in [9.17, 15) is 22.4 Å². The summed E-state index contributed by atoms with van der Waals surface area (Å²) in [6.07, 6.45) is -2.34. The van der Waals surface area contributed by atoms with Crippen LogP contribution >= 0.6 is 0 Å². The fourth-order valence-electron chi connectivity index (χ4n) is 4.75. The van der Waals surface area contributed by atoms with Gasteiger partial charge in [-0.3, -0.25) is 10.3 Å². The van der Waals surface area contributed by atoms with Crippen LogP contribution in [0.3, 0.4) is 0 Å². The molecule has 4 rings (SSSR count). The number of likely N-dealkylation sites (tertiary alicyclic amines) is 1. The number of nitrogens with zero attached hydrogens (tertiary/aromatic N) is 4.